The lowest BCUT2D eigenvalue weighted by Crippen LogP contribution is -2.19. The smallest absolute Gasteiger partial charge is 0.0436 e. The van der Waals surface area contributed by atoms with E-state index in [4.69, 9.17) is 5.21 Å². The van der Waals surface area contributed by atoms with Gasteiger partial charge in [0.2, 0.25) is 0 Å². The van der Waals surface area contributed by atoms with Crippen LogP contribution in [0.5, 0.6) is 0 Å². The second-order valence-electron chi connectivity index (χ2n) is 4.77. The van der Waals surface area contributed by atoms with Gasteiger partial charge in [0.15, 0.2) is 0 Å². The molecule has 2 aromatic rings. The molecule has 1 atom stereocenters. The SMILES string of the molecule is CC(CC/C=N/O)P(c1ccccc1)c1ccccc1. The average Bonchev–Trinajstić information content (AvgIpc) is 2.50. The molecule has 0 radical (unpaired) electrons. The predicted octanol–water partition coefficient (Wildman–Crippen LogP) is 3.75. The molecule has 20 heavy (non-hydrogen) atoms. The standard InChI is InChI=1S/C17H20NOP/c1-15(9-8-14-18-19)20(16-10-4-2-5-11-16)17-12-6-3-7-13-17/h2-7,10-15,19H,8-9H2,1H3/b18-14+. The molecule has 0 aliphatic carbocycles. The lowest BCUT2D eigenvalue weighted by molar-refractivity contribution is 0.320. The van der Waals surface area contributed by atoms with E-state index in [1.807, 2.05) is 0 Å². The van der Waals surface area contributed by atoms with E-state index in [2.05, 4.69) is 72.7 Å². The summed E-state index contributed by atoms with van der Waals surface area (Å²) in [4.78, 5) is 0. The van der Waals surface area contributed by atoms with Crippen LogP contribution in [-0.4, -0.2) is 17.1 Å². The maximum absolute atomic E-state index is 8.53. The fourth-order valence-electron chi connectivity index (χ4n) is 2.34. The summed E-state index contributed by atoms with van der Waals surface area (Å²) >= 11 is 0. The van der Waals surface area contributed by atoms with Crippen molar-refractivity contribution < 1.29 is 5.21 Å². The van der Waals surface area contributed by atoms with Crippen molar-refractivity contribution in [3.8, 4) is 0 Å². The first-order chi connectivity index (χ1) is 9.83. The summed E-state index contributed by atoms with van der Waals surface area (Å²) in [5.74, 6) is 0. The lowest BCUT2D eigenvalue weighted by Gasteiger charge is -2.25. The molecule has 2 aromatic carbocycles. The van der Waals surface area contributed by atoms with Crippen LogP contribution in [0.4, 0.5) is 0 Å². The molecule has 0 bridgehead atoms. The molecular formula is C17H20NOP. The maximum atomic E-state index is 8.53. The van der Waals surface area contributed by atoms with E-state index in [1.54, 1.807) is 6.21 Å². The summed E-state index contributed by atoms with van der Waals surface area (Å²) in [6.07, 6.45) is 3.43. The van der Waals surface area contributed by atoms with E-state index in [1.165, 1.54) is 10.6 Å². The van der Waals surface area contributed by atoms with E-state index in [0.717, 1.165) is 12.8 Å². The highest BCUT2D eigenvalue weighted by molar-refractivity contribution is 7.73. The fourth-order valence-corrected chi connectivity index (χ4v) is 5.05. The minimum absolute atomic E-state index is 0.372. The summed E-state index contributed by atoms with van der Waals surface area (Å²) in [7, 11) is -0.372. The number of hydrogen-bond donors (Lipinski definition) is 1. The molecule has 0 saturated carbocycles. The van der Waals surface area contributed by atoms with Gasteiger partial charge in [-0.25, -0.2) is 0 Å². The number of hydrogen-bond acceptors (Lipinski definition) is 2. The minimum atomic E-state index is -0.372. The Morgan fingerprint density at radius 1 is 1.00 bits per heavy atom. The van der Waals surface area contributed by atoms with Crippen molar-refractivity contribution >= 4 is 24.7 Å². The summed E-state index contributed by atoms with van der Waals surface area (Å²) < 4.78 is 0. The van der Waals surface area contributed by atoms with Crippen LogP contribution in [-0.2, 0) is 0 Å². The first-order valence-electron chi connectivity index (χ1n) is 6.88. The summed E-state index contributed by atoms with van der Waals surface area (Å²) in [5.41, 5.74) is 0.549. The zero-order valence-corrected chi connectivity index (χ0v) is 12.6. The summed E-state index contributed by atoms with van der Waals surface area (Å²) in [5, 5.41) is 14.4. The van der Waals surface area contributed by atoms with Gasteiger partial charge in [-0.2, -0.15) is 0 Å². The van der Waals surface area contributed by atoms with Gasteiger partial charge in [0.05, 0.1) is 0 Å². The van der Waals surface area contributed by atoms with Crippen molar-refractivity contribution in [2.24, 2.45) is 5.16 Å². The molecule has 0 heterocycles. The molecule has 2 nitrogen and oxygen atoms in total. The molecule has 0 saturated heterocycles. The highest BCUT2D eigenvalue weighted by atomic mass is 31.1. The third kappa shape index (κ3) is 3.91. The third-order valence-corrected chi connectivity index (χ3v) is 6.15. The van der Waals surface area contributed by atoms with E-state index < -0.39 is 0 Å². The highest BCUT2D eigenvalue weighted by Crippen LogP contribution is 2.41. The Morgan fingerprint density at radius 3 is 1.95 bits per heavy atom. The topological polar surface area (TPSA) is 32.6 Å². The van der Waals surface area contributed by atoms with E-state index >= 15 is 0 Å². The molecule has 3 heteroatoms. The molecule has 1 N–H and O–H groups in total. The van der Waals surface area contributed by atoms with Gasteiger partial charge in [-0.1, -0.05) is 67.6 Å². The van der Waals surface area contributed by atoms with Crippen molar-refractivity contribution in [3.63, 3.8) is 0 Å². The number of oxime groups is 1. The Hall–Kier alpha value is -1.66. The van der Waals surface area contributed by atoms with Crippen molar-refractivity contribution in [3.05, 3.63) is 60.7 Å². The number of nitrogens with zero attached hydrogens (tertiary/aromatic N) is 1. The van der Waals surface area contributed by atoms with Gasteiger partial charge in [-0.15, -0.1) is 5.16 Å². The van der Waals surface area contributed by atoms with Gasteiger partial charge in [0.1, 0.15) is 0 Å². The predicted molar refractivity (Wildman–Crippen MR) is 88.0 cm³/mol. The number of rotatable bonds is 6. The third-order valence-electron chi connectivity index (χ3n) is 3.30. The molecule has 0 amide bonds. The second-order valence-corrected chi connectivity index (χ2v) is 7.42. The van der Waals surface area contributed by atoms with Gasteiger partial charge in [-0.05, 0) is 37.0 Å². The molecule has 0 fully saturated rings. The molecule has 2 rings (SSSR count). The summed E-state index contributed by atoms with van der Waals surface area (Å²) in [6.45, 7) is 2.29. The first kappa shape index (κ1) is 14.7. The van der Waals surface area contributed by atoms with Gasteiger partial charge in [-0.3, -0.25) is 0 Å². The molecule has 104 valence electrons. The zero-order chi connectivity index (χ0) is 14.2. The molecule has 1 unspecified atom stereocenters. The van der Waals surface area contributed by atoms with Gasteiger partial charge in [0.25, 0.3) is 0 Å². The Labute approximate surface area is 121 Å². The summed E-state index contributed by atoms with van der Waals surface area (Å²) in [6, 6.07) is 21.4. The van der Waals surface area contributed by atoms with Crippen LogP contribution in [0.25, 0.3) is 0 Å². The molecule has 0 aliphatic rings. The van der Waals surface area contributed by atoms with Crippen LogP contribution in [0.3, 0.4) is 0 Å². The normalized spacial score (nSPS) is 12.9. The Morgan fingerprint density at radius 2 is 1.50 bits per heavy atom. The Bertz CT molecular complexity index is 488. The highest BCUT2D eigenvalue weighted by Gasteiger charge is 2.20. The number of benzene rings is 2. The van der Waals surface area contributed by atoms with E-state index in [0.29, 0.717) is 5.66 Å². The molecular weight excluding hydrogens is 265 g/mol. The average molecular weight is 285 g/mol. The van der Waals surface area contributed by atoms with Crippen molar-refractivity contribution in [1.82, 2.24) is 0 Å². The Kier molecular flexibility index (Phi) is 5.76. The second kappa shape index (κ2) is 7.81. The molecule has 0 aromatic heterocycles. The van der Waals surface area contributed by atoms with Crippen LogP contribution in [0, 0.1) is 0 Å². The Balaban J connectivity index is 2.25. The van der Waals surface area contributed by atoms with Crippen LogP contribution >= 0.6 is 7.92 Å². The molecule has 0 aliphatic heterocycles. The minimum Gasteiger partial charge on any atom is -0.411 e. The van der Waals surface area contributed by atoms with E-state index in [-0.39, 0.29) is 7.92 Å². The van der Waals surface area contributed by atoms with Crippen LogP contribution in [0.2, 0.25) is 0 Å². The van der Waals surface area contributed by atoms with Crippen LogP contribution in [0.1, 0.15) is 19.8 Å². The van der Waals surface area contributed by atoms with Crippen LogP contribution < -0.4 is 10.6 Å². The zero-order valence-electron chi connectivity index (χ0n) is 11.7. The maximum Gasteiger partial charge on any atom is 0.0436 e. The lowest BCUT2D eigenvalue weighted by atomic mass is 10.3. The van der Waals surface area contributed by atoms with Crippen molar-refractivity contribution in [1.29, 1.82) is 0 Å². The largest absolute Gasteiger partial charge is 0.411 e. The van der Waals surface area contributed by atoms with Crippen molar-refractivity contribution in [2.45, 2.75) is 25.4 Å². The van der Waals surface area contributed by atoms with E-state index in [9.17, 15) is 0 Å². The van der Waals surface area contributed by atoms with Gasteiger partial charge in [0, 0.05) is 6.21 Å². The first-order valence-corrected chi connectivity index (χ1v) is 8.29. The molecule has 0 spiro atoms. The van der Waals surface area contributed by atoms with Crippen LogP contribution in [0.15, 0.2) is 65.8 Å². The monoisotopic (exact) mass is 285 g/mol. The quantitative estimate of drug-likeness (QED) is 0.373. The fraction of sp³-hybridized carbons (Fsp3) is 0.235. The van der Waals surface area contributed by atoms with Crippen molar-refractivity contribution in [2.75, 3.05) is 0 Å². The van der Waals surface area contributed by atoms with Gasteiger partial charge >= 0.3 is 0 Å². The van der Waals surface area contributed by atoms with Gasteiger partial charge < -0.3 is 5.21 Å².